The zero-order valence-corrected chi connectivity index (χ0v) is 16.7. The van der Waals surface area contributed by atoms with Gasteiger partial charge in [0, 0.05) is 25.2 Å². The molecule has 2 aromatic rings. The van der Waals surface area contributed by atoms with Crippen molar-refractivity contribution in [3.05, 3.63) is 76.4 Å². The van der Waals surface area contributed by atoms with E-state index >= 15 is 0 Å². The standard InChI is InChI=1S/C23H25F3N2O/c1-27(2)16-19-5-3-17(4-6-19)15-18-11-13-28(14-12-18)22(29)20-7-9-21(10-8-20)23(24,25)26/h3-10,15H,11-14,16H2,1-2H3. The van der Waals surface area contributed by atoms with Crippen molar-refractivity contribution in [3.63, 3.8) is 0 Å². The Hall–Kier alpha value is -2.60. The fourth-order valence-electron chi connectivity index (χ4n) is 3.45. The average molecular weight is 402 g/mol. The molecule has 0 unspecified atom stereocenters. The molecule has 2 aromatic carbocycles. The molecule has 1 heterocycles. The van der Waals surface area contributed by atoms with Crippen LogP contribution in [0.25, 0.3) is 6.08 Å². The predicted molar refractivity (Wildman–Crippen MR) is 108 cm³/mol. The van der Waals surface area contributed by atoms with Crippen LogP contribution in [0.15, 0.2) is 54.1 Å². The number of alkyl halides is 3. The fraction of sp³-hybridized carbons (Fsp3) is 0.348. The summed E-state index contributed by atoms with van der Waals surface area (Å²) in [4.78, 5) is 16.4. The van der Waals surface area contributed by atoms with Crippen molar-refractivity contribution < 1.29 is 18.0 Å². The molecule has 0 atom stereocenters. The predicted octanol–water partition coefficient (Wildman–Crippen LogP) is 5.09. The topological polar surface area (TPSA) is 23.6 Å². The Morgan fingerprint density at radius 2 is 1.59 bits per heavy atom. The minimum absolute atomic E-state index is 0.217. The first-order valence-corrected chi connectivity index (χ1v) is 9.62. The third-order valence-corrected chi connectivity index (χ3v) is 5.00. The van der Waals surface area contributed by atoms with E-state index in [2.05, 4.69) is 35.2 Å². The van der Waals surface area contributed by atoms with Crippen molar-refractivity contribution in [2.45, 2.75) is 25.6 Å². The number of nitrogens with zero attached hydrogens (tertiary/aromatic N) is 2. The van der Waals surface area contributed by atoms with Crippen molar-refractivity contribution in [3.8, 4) is 0 Å². The van der Waals surface area contributed by atoms with E-state index in [-0.39, 0.29) is 5.91 Å². The summed E-state index contributed by atoms with van der Waals surface area (Å²) in [6.45, 7) is 2.05. The van der Waals surface area contributed by atoms with Crippen LogP contribution in [-0.2, 0) is 12.7 Å². The maximum atomic E-state index is 12.7. The number of carbonyl (C=O) groups is 1. The van der Waals surface area contributed by atoms with Crippen LogP contribution in [-0.4, -0.2) is 42.9 Å². The van der Waals surface area contributed by atoms with Gasteiger partial charge in [-0.1, -0.05) is 35.9 Å². The molecule has 0 aliphatic carbocycles. The van der Waals surface area contributed by atoms with Gasteiger partial charge < -0.3 is 9.80 Å². The van der Waals surface area contributed by atoms with Gasteiger partial charge in [-0.15, -0.1) is 0 Å². The molecule has 1 aliphatic rings. The third kappa shape index (κ3) is 5.70. The van der Waals surface area contributed by atoms with Crippen LogP contribution in [0.5, 0.6) is 0 Å². The molecule has 1 aliphatic heterocycles. The molecule has 3 nitrogen and oxygen atoms in total. The summed E-state index contributed by atoms with van der Waals surface area (Å²) in [7, 11) is 4.07. The van der Waals surface area contributed by atoms with E-state index in [0.29, 0.717) is 18.7 Å². The Morgan fingerprint density at radius 1 is 1.00 bits per heavy atom. The summed E-state index contributed by atoms with van der Waals surface area (Å²) < 4.78 is 38.0. The van der Waals surface area contributed by atoms with Crippen LogP contribution in [0.3, 0.4) is 0 Å². The number of halogens is 3. The molecule has 0 aromatic heterocycles. The molecule has 0 bridgehead atoms. The van der Waals surface area contributed by atoms with Gasteiger partial charge in [0.25, 0.3) is 5.91 Å². The summed E-state index contributed by atoms with van der Waals surface area (Å²) in [6.07, 6.45) is -0.686. The van der Waals surface area contributed by atoms with Crippen molar-refractivity contribution >= 4 is 12.0 Å². The van der Waals surface area contributed by atoms with E-state index in [9.17, 15) is 18.0 Å². The van der Waals surface area contributed by atoms with Gasteiger partial charge in [0.05, 0.1) is 5.56 Å². The van der Waals surface area contributed by atoms with Gasteiger partial charge in [0.15, 0.2) is 0 Å². The summed E-state index contributed by atoms with van der Waals surface area (Å²) >= 11 is 0. The van der Waals surface area contributed by atoms with Gasteiger partial charge in [-0.05, 0) is 62.3 Å². The minimum atomic E-state index is -4.39. The second kappa shape index (κ2) is 8.82. The second-order valence-electron chi connectivity index (χ2n) is 7.65. The highest BCUT2D eigenvalue weighted by Crippen LogP contribution is 2.29. The molecule has 0 saturated carbocycles. The number of benzene rings is 2. The van der Waals surface area contributed by atoms with Crippen molar-refractivity contribution in [2.24, 2.45) is 0 Å². The Morgan fingerprint density at radius 3 is 2.10 bits per heavy atom. The molecule has 6 heteroatoms. The number of amides is 1. The maximum Gasteiger partial charge on any atom is 0.416 e. The highest BCUT2D eigenvalue weighted by molar-refractivity contribution is 5.94. The van der Waals surface area contributed by atoms with Gasteiger partial charge >= 0.3 is 6.18 Å². The Labute approximate surface area is 169 Å². The summed E-state index contributed by atoms with van der Waals surface area (Å²) in [5.41, 5.74) is 3.23. The second-order valence-corrected chi connectivity index (χ2v) is 7.65. The number of hydrogen-bond donors (Lipinski definition) is 0. The number of hydrogen-bond acceptors (Lipinski definition) is 2. The van der Waals surface area contributed by atoms with Gasteiger partial charge in [-0.25, -0.2) is 0 Å². The van der Waals surface area contributed by atoms with Crippen LogP contribution < -0.4 is 0 Å². The van der Waals surface area contributed by atoms with E-state index < -0.39 is 11.7 Å². The van der Waals surface area contributed by atoms with E-state index in [1.807, 2.05) is 14.1 Å². The summed E-state index contributed by atoms with van der Waals surface area (Å²) in [6, 6.07) is 12.9. The van der Waals surface area contributed by atoms with Crippen LogP contribution in [0.4, 0.5) is 13.2 Å². The average Bonchev–Trinajstić information content (AvgIpc) is 2.69. The molecular weight excluding hydrogens is 377 g/mol. The number of rotatable bonds is 4. The minimum Gasteiger partial charge on any atom is -0.338 e. The lowest BCUT2D eigenvalue weighted by atomic mass is 9.99. The van der Waals surface area contributed by atoms with Gasteiger partial charge in [-0.3, -0.25) is 4.79 Å². The third-order valence-electron chi connectivity index (χ3n) is 5.00. The van der Waals surface area contributed by atoms with Crippen molar-refractivity contribution in [1.29, 1.82) is 0 Å². The number of piperidine rings is 1. The number of carbonyl (C=O) groups excluding carboxylic acids is 1. The Balaban J connectivity index is 1.58. The molecule has 154 valence electrons. The van der Waals surface area contributed by atoms with Gasteiger partial charge in [0.2, 0.25) is 0 Å². The SMILES string of the molecule is CN(C)Cc1ccc(C=C2CCN(C(=O)c3ccc(C(F)(F)F)cc3)CC2)cc1. The first kappa shape index (κ1) is 21.1. The van der Waals surface area contributed by atoms with Crippen molar-refractivity contribution in [2.75, 3.05) is 27.2 Å². The monoisotopic (exact) mass is 402 g/mol. The summed E-state index contributed by atoms with van der Waals surface area (Å²) in [5, 5.41) is 0. The molecule has 3 rings (SSSR count). The molecule has 1 fully saturated rings. The summed E-state index contributed by atoms with van der Waals surface area (Å²) in [5.74, 6) is -0.217. The lowest BCUT2D eigenvalue weighted by Crippen LogP contribution is -2.36. The Kier molecular flexibility index (Phi) is 6.42. The van der Waals surface area contributed by atoms with E-state index in [4.69, 9.17) is 0 Å². The smallest absolute Gasteiger partial charge is 0.338 e. The Bertz CT molecular complexity index is 858. The zero-order chi connectivity index (χ0) is 21.0. The first-order valence-electron chi connectivity index (χ1n) is 9.62. The first-order chi connectivity index (χ1) is 13.7. The molecule has 1 saturated heterocycles. The van der Waals surface area contributed by atoms with E-state index in [1.54, 1.807) is 4.90 Å². The van der Waals surface area contributed by atoms with Crippen LogP contribution >= 0.6 is 0 Å². The van der Waals surface area contributed by atoms with Gasteiger partial charge in [-0.2, -0.15) is 13.2 Å². The fourth-order valence-corrected chi connectivity index (χ4v) is 3.45. The highest BCUT2D eigenvalue weighted by atomic mass is 19.4. The molecule has 0 radical (unpaired) electrons. The normalized spacial score (nSPS) is 15.0. The molecule has 0 spiro atoms. The maximum absolute atomic E-state index is 12.7. The van der Waals surface area contributed by atoms with Crippen LogP contribution in [0, 0.1) is 0 Å². The largest absolute Gasteiger partial charge is 0.416 e. The van der Waals surface area contributed by atoms with E-state index in [0.717, 1.165) is 37.1 Å². The lowest BCUT2D eigenvalue weighted by molar-refractivity contribution is -0.137. The van der Waals surface area contributed by atoms with Crippen molar-refractivity contribution in [1.82, 2.24) is 9.80 Å². The lowest BCUT2D eigenvalue weighted by Gasteiger charge is -2.28. The zero-order valence-electron chi connectivity index (χ0n) is 16.7. The molecular formula is C23H25F3N2O. The van der Waals surface area contributed by atoms with Gasteiger partial charge in [0.1, 0.15) is 0 Å². The van der Waals surface area contributed by atoms with E-state index in [1.165, 1.54) is 23.3 Å². The van der Waals surface area contributed by atoms with Crippen LogP contribution in [0.2, 0.25) is 0 Å². The number of likely N-dealkylation sites (tertiary alicyclic amines) is 1. The quantitative estimate of drug-likeness (QED) is 0.712. The molecule has 0 N–H and O–H groups in total. The molecule has 1 amide bonds. The van der Waals surface area contributed by atoms with Crippen LogP contribution in [0.1, 0.15) is 39.9 Å². The molecule has 29 heavy (non-hydrogen) atoms. The highest BCUT2D eigenvalue weighted by Gasteiger charge is 2.30.